The molecule has 0 saturated carbocycles. The summed E-state index contributed by atoms with van der Waals surface area (Å²) in [4.78, 5) is 13.8. The quantitative estimate of drug-likeness (QED) is 0.799. The number of amides is 1. The Labute approximate surface area is 131 Å². The molecule has 0 unspecified atom stereocenters. The average molecular weight is 299 g/mol. The predicted octanol–water partition coefficient (Wildman–Crippen LogP) is 3.21. The van der Waals surface area contributed by atoms with Crippen LogP contribution >= 0.6 is 0 Å². The lowest BCUT2D eigenvalue weighted by Crippen LogP contribution is -2.26. The van der Waals surface area contributed by atoms with E-state index >= 15 is 0 Å². The molecule has 0 aliphatic carbocycles. The third-order valence-electron chi connectivity index (χ3n) is 3.33. The molecule has 1 amide bonds. The molecule has 22 heavy (non-hydrogen) atoms. The Hall–Kier alpha value is -2.49. The Morgan fingerprint density at radius 3 is 2.45 bits per heavy atom. The van der Waals surface area contributed by atoms with Gasteiger partial charge in [-0.2, -0.15) is 0 Å². The minimum atomic E-state index is 0.109. The van der Waals surface area contributed by atoms with E-state index in [0.29, 0.717) is 31.7 Å². The molecule has 0 atom stereocenters. The van der Waals surface area contributed by atoms with Crippen molar-refractivity contribution in [3.8, 4) is 11.5 Å². The minimum Gasteiger partial charge on any atom is -0.508 e. The molecule has 0 saturated heterocycles. The predicted molar refractivity (Wildman–Crippen MR) is 85.8 cm³/mol. The zero-order valence-electron chi connectivity index (χ0n) is 12.7. The molecule has 0 fully saturated rings. The zero-order valence-corrected chi connectivity index (χ0v) is 12.7. The summed E-state index contributed by atoms with van der Waals surface area (Å²) in [6, 6.07) is 16.5. The van der Waals surface area contributed by atoms with Crippen LogP contribution in [0.3, 0.4) is 0 Å². The Morgan fingerprint density at radius 1 is 1.09 bits per heavy atom. The maximum Gasteiger partial charge on any atom is 0.222 e. The number of aromatic hydroxyl groups is 1. The van der Waals surface area contributed by atoms with Gasteiger partial charge in [0.15, 0.2) is 0 Å². The van der Waals surface area contributed by atoms with Crippen molar-refractivity contribution in [1.82, 2.24) is 4.90 Å². The highest BCUT2D eigenvalue weighted by atomic mass is 16.5. The Morgan fingerprint density at radius 2 is 1.77 bits per heavy atom. The highest BCUT2D eigenvalue weighted by Gasteiger charge is 2.08. The lowest BCUT2D eigenvalue weighted by Gasteiger charge is -2.17. The number of carbonyl (C=O) groups is 1. The van der Waals surface area contributed by atoms with Gasteiger partial charge < -0.3 is 14.7 Å². The van der Waals surface area contributed by atoms with Gasteiger partial charge >= 0.3 is 0 Å². The average Bonchev–Trinajstić information content (AvgIpc) is 2.54. The van der Waals surface area contributed by atoms with E-state index in [-0.39, 0.29) is 11.7 Å². The van der Waals surface area contributed by atoms with E-state index in [1.807, 2.05) is 37.4 Å². The summed E-state index contributed by atoms with van der Waals surface area (Å²) in [6.07, 6.45) is 1.13. The molecule has 0 aromatic heterocycles. The lowest BCUT2D eigenvalue weighted by atomic mass is 10.2. The summed E-state index contributed by atoms with van der Waals surface area (Å²) in [5.74, 6) is 1.02. The van der Waals surface area contributed by atoms with Crippen molar-refractivity contribution >= 4 is 5.91 Å². The second-order valence-corrected chi connectivity index (χ2v) is 5.18. The monoisotopic (exact) mass is 299 g/mol. The van der Waals surface area contributed by atoms with E-state index in [1.165, 1.54) is 0 Å². The smallest absolute Gasteiger partial charge is 0.222 e. The molecule has 1 N–H and O–H groups in total. The Kier molecular flexibility index (Phi) is 5.83. The minimum absolute atomic E-state index is 0.109. The van der Waals surface area contributed by atoms with Gasteiger partial charge in [-0.15, -0.1) is 0 Å². The first-order valence-corrected chi connectivity index (χ1v) is 7.35. The van der Waals surface area contributed by atoms with Crippen molar-refractivity contribution in [2.45, 2.75) is 19.4 Å². The van der Waals surface area contributed by atoms with Gasteiger partial charge in [0.1, 0.15) is 11.5 Å². The van der Waals surface area contributed by atoms with Crippen molar-refractivity contribution < 1.29 is 14.6 Å². The molecular weight excluding hydrogens is 278 g/mol. The van der Waals surface area contributed by atoms with Crippen LogP contribution in [0.5, 0.6) is 11.5 Å². The molecule has 116 valence electrons. The fourth-order valence-corrected chi connectivity index (χ4v) is 2.09. The molecule has 0 bridgehead atoms. The maximum atomic E-state index is 12.0. The van der Waals surface area contributed by atoms with Gasteiger partial charge in [0.2, 0.25) is 5.91 Å². The Balaban J connectivity index is 1.67. The number of phenols is 1. The van der Waals surface area contributed by atoms with Crippen LogP contribution in [-0.2, 0) is 11.3 Å². The van der Waals surface area contributed by atoms with Gasteiger partial charge in [-0.25, -0.2) is 0 Å². The summed E-state index contributed by atoms with van der Waals surface area (Å²) in [5.41, 5.74) is 1.12. The van der Waals surface area contributed by atoms with Crippen LogP contribution in [0.4, 0.5) is 0 Å². The zero-order chi connectivity index (χ0) is 15.8. The first-order valence-electron chi connectivity index (χ1n) is 7.35. The standard InChI is InChI=1S/C18H21NO3/c1-19(14-15-6-3-2-4-7-15)18(21)8-5-13-22-17-11-9-16(20)10-12-17/h2-4,6-7,9-12,20H,5,8,13-14H2,1H3. The van der Waals surface area contributed by atoms with E-state index < -0.39 is 0 Å². The van der Waals surface area contributed by atoms with E-state index in [2.05, 4.69) is 0 Å². The van der Waals surface area contributed by atoms with Crippen LogP contribution in [-0.4, -0.2) is 29.6 Å². The normalized spacial score (nSPS) is 10.2. The summed E-state index contributed by atoms with van der Waals surface area (Å²) in [5, 5.41) is 9.18. The Bertz CT molecular complexity index is 581. The first-order chi connectivity index (χ1) is 10.6. The van der Waals surface area contributed by atoms with Gasteiger partial charge in [0, 0.05) is 20.0 Å². The molecule has 4 heteroatoms. The third kappa shape index (κ3) is 5.13. The summed E-state index contributed by atoms with van der Waals surface area (Å²) in [6.45, 7) is 1.11. The first kappa shape index (κ1) is 15.9. The molecule has 0 spiro atoms. The number of rotatable bonds is 7. The number of benzene rings is 2. The molecule has 2 aromatic rings. The van der Waals surface area contributed by atoms with Gasteiger partial charge in [0.25, 0.3) is 0 Å². The summed E-state index contributed by atoms with van der Waals surface area (Å²) < 4.78 is 5.53. The van der Waals surface area contributed by atoms with E-state index in [0.717, 1.165) is 5.56 Å². The number of nitrogens with zero attached hydrogens (tertiary/aromatic N) is 1. The van der Waals surface area contributed by atoms with E-state index in [9.17, 15) is 9.90 Å². The van der Waals surface area contributed by atoms with Crippen LogP contribution < -0.4 is 4.74 Å². The SMILES string of the molecule is CN(Cc1ccccc1)C(=O)CCCOc1ccc(O)cc1. The molecular formula is C18H21NO3. The molecule has 0 heterocycles. The van der Waals surface area contributed by atoms with Gasteiger partial charge in [-0.05, 0) is 36.2 Å². The third-order valence-corrected chi connectivity index (χ3v) is 3.33. The van der Waals surface area contributed by atoms with Crippen molar-refractivity contribution in [3.05, 3.63) is 60.2 Å². The fourth-order valence-electron chi connectivity index (χ4n) is 2.09. The van der Waals surface area contributed by atoms with Crippen molar-refractivity contribution in [2.75, 3.05) is 13.7 Å². The van der Waals surface area contributed by atoms with Crippen LogP contribution in [0.1, 0.15) is 18.4 Å². The number of ether oxygens (including phenoxy) is 1. The molecule has 0 radical (unpaired) electrons. The summed E-state index contributed by atoms with van der Waals surface area (Å²) in [7, 11) is 1.82. The largest absolute Gasteiger partial charge is 0.508 e. The molecule has 2 rings (SSSR count). The second kappa shape index (κ2) is 8.08. The van der Waals surface area contributed by atoms with Crippen LogP contribution in [0, 0.1) is 0 Å². The van der Waals surface area contributed by atoms with Gasteiger partial charge in [0.05, 0.1) is 6.61 Å². The number of hydrogen-bond donors (Lipinski definition) is 1. The lowest BCUT2D eigenvalue weighted by molar-refractivity contribution is -0.130. The van der Waals surface area contributed by atoms with Crippen LogP contribution in [0.25, 0.3) is 0 Å². The van der Waals surface area contributed by atoms with Gasteiger partial charge in [-0.1, -0.05) is 30.3 Å². The second-order valence-electron chi connectivity index (χ2n) is 5.18. The molecule has 2 aromatic carbocycles. The van der Waals surface area contributed by atoms with Crippen molar-refractivity contribution in [1.29, 1.82) is 0 Å². The molecule has 4 nitrogen and oxygen atoms in total. The number of hydrogen-bond acceptors (Lipinski definition) is 3. The van der Waals surface area contributed by atoms with Crippen molar-refractivity contribution in [3.63, 3.8) is 0 Å². The maximum absolute atomic E-state index is 12.0. The van der Waals surface area contributed by atoms with Crippen molar-refractivity contribution in [2.24, 2.45) is 0 Å². The topological polar surface area (TPSA) is 49.8 Å². The number of phenolic OH excluding ortho intramolecular Hbond substituents is 1. The fraction of sp³-hybridized carbons (Fsp3) is 0.278. The highest BCUT2D eigenvalue weighted by Crippen LogP contribution is 2.16. The highest BCUT2D eigenvalue weighted by molar-refractivity contribution is 5.75. The van der Waals surface area contributed by atoms with Gasteiger partial charge in [-0.3, -0.25) is 4.79 Å². The summed E-state index contributed by atoms with van der Waals surface area (Å²) >= 11 is 0. The number of carbonyl (C=O) groups excluding carboxylic acids is 1. The van der Waals surface area contributed by atoms with Crippen LogP contribution in [0.15, 0.2) is 54.6 Å². The van der Waals surface area contributed by atoms with Crippen LogP contribution in [0.2, 0.25) is 0 Å². The molecule has 0 aliphatic rings. The molecule has 0 aliphatic heterocycles. The van der Waals surface area contributed by atoms with E-state index in [4.69, 9.17) is 4.74 Å². The van der Waals surface area contributed by atoms with E-state index in [1.54, 1.807) is 29.2 Å².